The van der Waals surface area contributed by atoms with E-state index in [9.17, 15) is 4.39 Å². The molecule has 0 atom stereocenters. The van der Waals surface area contributed by atoms with Gasteiger partial charge >= 0.3 is 0 Å². The van der Waals surface area contributed by atoms with E-state index in [4.69, 9.17) is 0 Å². The normalized spacial score (nSPS) is 24.9. The number of hydrogen-bond donors (Lipinski definition) is 0. The van der Waals surface area contributed by atoms with Gasteiger partial charge in [-0.3, -0.25) is 0 Å². The molecule has 0 amide bonds. The van der Waals surface area contributed by atoms with E-state index < -0.39 is 0 Å². The van der Waals surface area contributed by atoms with Crippen LogP contribution in [0.25, 0.3) is 0 Å². The lowest BCUT2D eigenvalue weighted by molar-refractivity contribution is 0.477. The molecule has 1 rings (SSSR count). The third-order valence-electron chi connectivity index (χ3n) is 1.48. The molecule has 0 bridgehead atoms. The predicted octanol–water partition coefficient (Wildman–Crippen LogP) is 1.85. The quantitative estimate of drug-likeness (QED) is 0.536. The Labute approximate surface area is 47.5 Å². The van der Waals surface area contributed by atoms with Crippen LogP contribution in [-0.4, -0.2) is 17.7 Å². The van der Waals surface area contributed by atoms with E-state index in [1.807, 2.05) is 6.26 Å². The third kappa shape index (κ3) is 0.904. The molecule has 0 aromatic heterocycles. The zero-order valence-electron chi connectivity index (χ0n) is 4.41. The molecular formula is C5H9FS. The number of alkyl halides is 1. The van der Waals surface area contributed by atoms with E-state index in [2.05, 4.69) is 0 Å². The van der Waals surface area contributed by atoms with Gasteiger partial charge in [0.15, 0.2) is 0 Å². The van der Waals surface area contributed by atoms with E-state index in [-0.39, 0.29) is 11.4 Å². The fourth-order valence-corrected chi connectivity index (χ4v) is 1.15. The largest absolute Gasteiger partial charge is 0.250 e. The first-order valence-electron chi connectivity index (χ1n) is 2.44. The standard InChI is InChI=1S/C5H9FS/c1-7-5(4-6)2-3-5/h2-4H2,1H3. The van der Waals surface area contributed by atoms with Gasteiger partial charge in [-0.15, -0.1) is 0 Å². The molecule has 1 saturated carbocycles. The molecule has 1 fully saturated rings. The Balaban J connectivity index is 2.28. The molecule has 0 radical (unpaired) electrons. The fraction of sp³-hybridized carbons (Fsp3) is 1.00. The van der Waals surface area contributed by atoms with Crippen LogP contribution >= 0.6 is 11.8 Å². The first kappa shape index (κ1) is 5.42. The SMILES string of the molecule is CSC1(CF)CC1. The lowest BCUT2D eigenvalue weighted by Gasteiger charge is -2.01. The highest BCUT2D eigenvalue weighted by Gasteiger charge is 2.41. The molecule has 0 aliphatic heterocycles. The molecule has 0 saturated heterocycles. The Kier molecular flexibility index (Phi) is 1.28. The fourth-order valence-electron chi connectivity index (χ4n) is 0.532. The van der Waals surface area contributed by atoms with Gasteiger partial charge in [0.2, 0.25) is 0 Å². The van der Waals surface area contributed by atoms with E-state index in [1.165, 1.54) is 0 Å². The number of thioether (sulfide) groups is 1. The van der Waals surface area contributed by atoms with Crippen LogP contribution in [0.15, 0.2) is 0 Å². The van der Waals surface area contributed by atoms with Crippen molar-refractivity contribution in [3.8, 4) is 0 Å². The van der Waals surface area contributed by atoms with Gasteiger partial charge < -0.3 is 0 Å². The summed E-state index contributed by atoms with van der Waals surface area (Å²) in [5, 5.41) is 0. The Hall–Kier alpha value is 0.280. The highest BCUT2D eigenvalue weighted by molar-refractivity contribution is 8.00. The molecule has 1 aliphatic carbocycles. The second kappa shape index (κ2) is 1.66. The molecule has 0 heterocycles. The molecule has 0 nitrogen and oxygen atoms in total. The molecule has 0 unspecified atom stereocenters. The maximum absolute atomic E-state index is 11.8. The Morgan fingerprint density at radius 1 is 1.71 bits per heavy atom. The summed E-state index contributed by atoms with van der Waals surface area (Å²) < 4.78 is 11.9. The summed E-state index contributed by atoms with van der Waals surface area (Å²) in [6.07, 6.45) is 4.15. The van der Waals surface area contributed by atoms with Crippen LogP contribution < -0.4 is 0 Å². The van der Waals surface area contributed by atoms with Gasteiger partial charge in [-0.2, -0.15) is 11.8 Å². The van der Waals surface area contributed by atoms with Crippen LogP contribution in [0.1, 0.15) is 12.8 Å². The van der Waals surface area contributed by atoms with Crippen molar-refractivity contribution >= 4 is 11.8 Å². The minimum absolute atomic E-state index is 0.0833. The lowest BCUT2D eigenvalue weighted by Crippen LogP contribution is -2.02. The van der Waals surface area contributed by atoms with Crippen LogP contribution in [0.3, 0.4) is 0 Å². The minimum atomic E-state index is -0.131. The summed E-state index contributed by atoms with van der Waals surface area (Å²) in [6, 6.07) is 0. The van der Waals surface area contributed by atoms with Crippen molar-refractivity contribution in [1.82, 2.24) is 0 Å². The summed E-state index contributed by atoms with van der Waals surface area (Å²) >= 11 is 1.66. The first-order valence-corrected chi connectivity index (χ1v) is 3.67. The smallest absolute Gasteiger partial charge is 0.104 e. The third-order valence-corrected chi connectivity index (χ3v) is 2.87. The molecule has 2 heteroatoms. The molecule has 0 aromatic rings. The van der Waals surface area contributed by atoms with E-state index in [0.717, 1.165) is 12.8 Å². The van der Waals surface area contributed by atoms with Crippen molar-refractivity contribution in [2.45, 2.75) is 17.6 Å². The second-order valence-electron chi connectivity index (χ2n) is 2.02. The minimum Gasteiger partial charge on any atom is -0.250 e. The molecule has 0 spiro atoms. The van der Waals surface area contributed by atoms with Gasteiger partial charge in [0, 0.05) is 4.75 Å². The summed E-state index contributed by atoms with van der Waals surface area (Å²) in [6.45, 7) is -0.131. The Morgan fingerprint density at radius 3 is 2.29 bits per heavy atom. The zero-order chi connectivity index (χ0) is 5.33. The Bertz CT molecular complexity index is 62.5. The highest BCUT2D eigenvalue weighted by Crippen LogP contribution is 2.47. The summed E-state index contributed by atoms with van der Waals surface area (Å²) in [7, 11) is 0. The monoisotopic (exact) mass is 120 g/mol. The van der Waals surface area contributed by atoms with E-state index in [1.54, 1.807) is 11.8 Å². The van der Waals surface area contributed by atoms with E-state index in [0.29, 0.717) is 0 Å². The summed E-state index contributed by atoms with van der Waals surface area (Å²) in [4.78, 5) is 0. The van der Waals surface area contributed by atoms with Crippen LogP contribution in [0, 0.1) is 0 Å². The van der Waals surface area contributed by atoms with Crippen molar-refractivity contribution in [2.75, 3.05) is 12.9 Å². The second-order valence-corrected chi connectivity index (χ2v) is 3.30. The topological polar surface area (TPSA) is 0 Å². The number of hydrogen-bond acceptors (Lipinski definition) is 1. The average molecular weight is 120 g/mol. The van der Waals surface area contributed by atoms with Gasteiger partial charge in [-0.1, -0.05) is 0 Å². The van der Waals surface area contributed by atoms with Gasteiger partial charge in [-0.05, 0) is 19.1 Å². The van der Waals surface area contributed by atoms with Gasteiger partial charge in [0.05, 0.1) is 0 Å². The lowest BCUT2D eigenvalue weighted by atomic mass is 10.5. The van der Waals surface area contributed by atoms with Gasteiger partial charge in [0.1, 0.15) is 6.67 Å². The molecule has 7 heavy (non-hydrogen) atoms. The zero-order valence-corrected chi connectivity index (χ0v) is 5.22. The highest BCUT2D eigenvalue weighted by atomic mass is 32.2. The predicted molar refractivity (Wildman–Crippen MR) is 31.5 cm³/mol. The van der Waals surface area contributed by atoms with Crippen molar-refractivity contribution in [3.63, 3.8) is 0 Å². The van der Waals surface area contributed by atoms with Gasteiger partial charge in [-0.25, -0.2) is 4.39 Å². The van der Waals surface area contributed by atoms with Crippen molar-refractivity contribution in [2.24, 2.45) is 0 Å². The average Bonchev–Trinajstić information content (AvgIpc) is 2.46. The van der Waals surface area contributed by atoms with Crippen LogP contribution in [0.4, 0.5) is 4.39 Å². The van der Waals surface area contributed by atoms with Gasteiger partial charge in [0.25, 0.3) is 0 Å². The van der Waals surface area contributed by atoms with Crippen LogP contribution in [-0.2, 0) is 0 Å². The molecular weight excluding hydrogens is 111 g/mol. The molecule has 0 N–H and O–H groups in total. The summed E-state index contributed by atoms with van der Waals surface area (Å²) in [5.41, 5.74) is 0. The van der Waals surface area contributed by atoms with Crippen molar-refractivity contribution in [1.29, 1.82) is 0 Å². The number of halogens is 1. The van der Waals surface area contributed by atoms with Crippen molar-refractivity contribution < 1.29 is 4.39 Å². The maximum atomic E-state index is 11.8. The Morgan fingerprint density at radius 2 is 2.29 bits per heavy atom. The van der Waals surface area contributed by atoms with Crippen LogP contribution in [0.2, 0.25) is 0 Å². The molecule has 1 aliphatic rings. The molecule has 0 aromatic carbocycles. The van der Waals surface area contributed by atoms with Crippen molar-refractivity contribution in [3.05, 3.63) is 0 Å². The van der Waals surface area contributed by atoms with E-state index >= 15 is 0 Å². The number of rotatable bonds is 2. The maximum Gasteiger partial charge on any atom is 0.104 e. The molecule has 42 valence electrons. The summed E-state index contributed by atoms with van der Waals surface area (Å²) in [5.74, 6) is 0. The first-order chi connectivity index (χ1) is 3.33. The van der Waals surface area contributed by atoms with Crippen LogP contribution in [0.5, 0.6) is 0 Å².